The second-order valence-corrected chi connectivity index (χ2v) is 4.38. The molecule has 0 aliphatic carbocycles. The molecule has 0 spiro atoms. The van der Waals surface area contributed by atoms with Gasteiger partial charge >= 0.3 is 5.97 Å². The number of hydrogen-bond donors (Lipinski definition) is 2. The molecule has 2 rings (SSSR count). The van der Waals surface area contributed by atoms with Gasteiger partial charge in [0.05, 0.1) is 19.3 Å². The van der Waals surface area contributed by atoms with Crippen molar-refractivity contribution in [3.8, 4) is 0 Å². The molecule has 0 atom stereocenters. The van der Waals surface area contributed by atoms with Crippen molar-refractivity contribution in [2.75, 3.05) is 38.0 Å². The van der Waals surface area contributed by atoms with Crippen molar-refractivity contribution in [2.45, 2.75) is 0 Å². The lowest BCUT2D eigenvalue weighted by Gasteiger charge is -2.09. The molecule has 22 heavy (non-hydrogen) atoms. The molecule has 0 radical (unpaired) electrons. The summed E-state index contributed by atoms with van der Waals surface area (Å²) in [5.74, 6) is 0.747. The highest BCUT2D eigenvalue weighted by atomic mass is 16.5. The molecule has 1 heterocycles. The van der Waals surface area contributed by atoms with E-state index in [1.165, 1.54) is 7.11 Å². The number of nitrogens with zero attached hydrogens (tertiary/aromatic N) is 2. The number of ether oxygens (including phenoxy) is 2. The van der Waals surface area contributed by atoms with Crippen molar-refractivity contribution in [2.24, 2.45) is 0 Å². The Bertz CT molecular complexity index is 634. The van der Waals surface area contributed by atoms with Crippen LogP contribution in [0, 0.1) is 0 Å². The predicted molar refractivity (Wildman–Crippen MR) is 83.5 cm³/mol. The first-order valence-corrected chi connectivity index (χ1v) is 6.74. The van der Waals surface area contributed by atoms with E-state index in [1.54, 1.807) is 37.6 Å². The van der Waals surface area contributed by atoms with Gasteiger partial charge in [-0.3, -0.25) is 0 Å². The van der Waals surface area contributed by atoms with Crippen LogP contribution in [-0.2, 0) is 9.47 Å². The van der Waals surface area contributed by atoms with E-state index in [0.29, 0.717) is 30.5 Å². The molecular formula is C15H18N4O3. The number of anilines is 3. The zero-order valence-corrected chi connectivity index (χ0v) is 12.5. The van der Waals surface area contributed by atoms with Crippen LogP contribution in [0.3, 0.4) is 0 Å². The van der Waals surface area contributed by atoms with E-state index in [0.717, 1.165) is 5.69 Å². The predicted octanol–water partition coefficient (Wildman–Crippen LogP) is 2.07. The van der Waals surface area contributed by atoms with Gasteiger partial charge in [-0.25, -0.2) is 9.78 Å². The lowest BCUT2D eigenvalue weighted by Crippen LogP contribution is -2.10. The molecule has 0 fully saturated rings. The van der Waals surface area contributed by atoms with Crippen molar-refractivity contribution in [3.63, 3.8) is 0 Å². The second-order valence-electron chi connectivity index (χ2n) is 4.38. The summed E-state index contributed by atoms with van der Waals surface area (Å²) in [6.45, 7) is 1.19. The van der Waals surface area contributed by atoms with Crippen molar-refractivity contribution in [1.82, 2.24) is 9.97 Å². The van der Waals surface area contributed by atoms with Crippen LogP contribution in [0.1, 0.15) is 10.4 Å². The van der Waals surface area contributed by atoms with Gasteiger partial charge in [-0.15, -0.1) is 0 Å². The number of nitrogens with one attached hydrogen (secondary N) is 2. The first-order chi connectivity index (χ1) is 10.7. The van der Waals surface area contributed by atoms with E-state index < -0.39 is 0 Å². The standard InChI is InChI=1S/C15H18N4O3/c1-21-9-8-17-15-16-7-6-13(19-15)18-12-5-3-4-11(10-12)14(20)22-2/h3-7,10H,8-9H2,1-2H3,(H2,16,17,18,19). The number of methoxy groups -OCH3 is 2. The molecule has 0 aliphatic rings. The van der Waals surface area contributed by atoms with Crippen LogP contribution in [0.5, 0.6) is 0 Å². The minimum atomic E-state index is -0.381. The number of benzene rings is 1. The first kappa shape index (κ1) is 15.7. The smallest absolute Gasteiger partial charge is 0.337 e. The van der Waals surface area contributed by atoms with E-state index in [9.17, 15) is 4.79 Å². The minimum absolute atomic E-state index is 0.381. The van der Waals surface area contributed by atoms with Gasteiger partial charge in [0.25, 0.3) is 0 Å². The average molecular weight is 302 g/mol. The Morgan fingerprint density at radius 1 is 1.27 bits per heavy atom. The second kappa shape index (κ2) is 7.94. The van der Waals surface area contributed by atoms with Crippen molar-refractivity contribution in [1.29, 1.82) is 0 Å². The molecule has 7 heteroatoms. The summed E-state index contributed by atoms with van der Waals surface area (Å²) in [4.78, 5) is 20.0. The largest absolute Gasteiger partial charge is 0.465 e. The summed E-state index contributed by atoms with van der Waals surface area (Å²) in [6.07, 6.45) is 1.65. The van der Waals surface area contributed by atoms with E-state index in [2.05, 4.69) is 20.6 Å². The van der Waals surface area contributed by atoms with Gasteiger partial charge in [-0.1, -0.05) is 6.07 Å². The maximum atomic E-state index is 11.5. The molecule has 2 N–H and O–H groups in total. The molecule has 0 unspecified atom stereocenters. The number of carbonyl (C=O) groups excluding carboxylic acids is 1. The SMILES string of the molecule is COCCNc1nccc(Nc2cccc(C(=O)OC)c2)n1. The lowest BCUT2D eigenvalue weighted by atomic mass is 10.2. The van der Waals surface area contributed by atoms with E-state index in [1.807, 2.05) is 6.07 Å². The van der Waals surface area contributed by atoms with E-state index in [-0.39, 0.29) is 5.97 Å². The fraction of sp³-hybridized carbons (Fsp3) is 0.267. The molecular weight excluding hydrogens is 284 g/mol. The van der Waals surface area contributed by atoms with Crippen LogP contribution in [-0.4, -0.2) is 43.3 Å². The third-order valence-electron chi connectivity index (χ3n) is 2.80. The lowest BCUT2D eigenvalue weighted by molar-refractivity contribution is 0.0601. The zero-order chi connectivity index (χ0) is 15.8. The van der Waals surface area contributed by atoms with Gasteiger partial charge in [0.15, 0.2) is 0 Å². The molecule has 7 nitrogen and oxygen atoms in total. The number of hydrogen-bond acceptors (Lipinski definition) is 7. The molecule has 116 valence electrons. The average Bonchev–Trinajstić information content (AvgIpc) is 2.55. The molecule has 0 bridgehead atoms. The summed E-state index contributed by atoms with van der Waals surface area (Å²) in [7, 11) is 2.99. The summed E-state index contributed by atoms with van der Waals surface area (Å²) >= 11 is 0. The van der Waals surface area contributed by atoms with Gasteiger partial charge in [0.2, 0.25) is 5.95 Å². The summed E-state index contributed by atoms with van der Waals surface area (Å²) < 4.78 is 9.66. The Morgan fingerprint density at radius 3 is 2.91 bits per heavy atom. The third kappa shape index (κ3) is 4.42. The topological polar surface area (TPSA) is 85.4 Å². The highest BCUT2D eigenvalue weighted by Crippen LogP contribution is 2.17. The Hall–Kier alpha value is -2.67. The van der Waals surface area contributed by atoms with Crippen LogP contribution in [0.25, 0.3) is 0 Å². The monoisotopic (exact) mass is 302 g/mol. The molecule has 0 saturated heterocycles. The normalized spacial score (nSPS) is 10.1. The van der Waals surface area contributed by atoms with Crippen LogP contribution in [0.4, 0.5) is 17.5 Å². The number of rotatable bonds is 7. The number of aromatic nitrogens is 2. The van der Waals surface area contributed by atoms with Crippen LogP contribution < -0.4 is 10.6 Å². The molecule has 1 aromatic carbocycles. The number of esters is 1. The van der Waals surface area contributed by atoms with Gasteiger partial charge in [-0.2, -0.15) is 4.98 Å². The summed E-state index contributed by atoms with van der Waals surface area (Å²) in [6, 6.07) is 8.74. The first-order valence-electron chi connectivity index (χ1n) is 6.74. The van der Waals surface area contributed by atoms with Crippen molar-refractivity contribution >= 4 is 23.4 Å². The van der Waals surface area contributed by atoms with Gasteiger partial charge < -0.3 is 20.1 Å². The maximum Gasteiger partial charge on any atom is 0.337 e. The molecule has 0 amide bonds. The fourth-order valence-electron chi connectivity index (χ4n) is 1.77. The Morgan fingerprint density at radius 2 is 2.14 bits per heavy atom. The molecule has 2 aromatic rings. The van der Waals surface area contributed by atoms with Crippen LogP contribution in [0.2, 0.25) is 0 Å². The molecule has 0 aliphatic heterocycles. The number of carbonyl (C=O) groups is 1. The maximum absolute atomic E-state index is 11.5. The highest BCUT2D eigenvalue weighted by Gasteiger charge is 2.06. The van der Waals surface area contributed by atoms with Gasteiger partial charge in [0.1, 0.15) is 5.82 Å². The quantitative estimate of drug-likeness (QED) is 0.598. The van der Waals surface area contributed by atoms with Gasteiger partial charge in [-0.05, 0) is 24.3 Å². The Kier molecular flexibility index (Phi) is 5.67. The van der Waals surface area contributed by atoms with Crippen molar-refractivity contribution < 1.29 is 14.3 Å². The minimum Gasteiger partial charge on any atom is -0.465 e. The van der Waals surface area contributed by atoms with E-state index >= 15 is 0 Å². The van der Waals surface area contributed by atoms with E-state index in [4.69, 9.17) is 9.47 Å². The third-order valence-corrected chi connectivity index (χ3v) is 2.80. The Labute approximate surface area is 128 Å². The van der Waals surface area contributed by atoms with Crippen LogP contribution in [0.15, 0.2) is 36.5 Å². The molecule has 1 aromatic heterocycles. The Balaban J connectivity index is 2.07. The summed E-state index contributed by atoms with van der Waals surface area (Å²) in [5.41, 5.74) is 1.21. The van der Waals surface area contributed by atoms with Crippen LogP contribution >= 0.6 is 0 Å². The molecule has 0 saturated carbocycles. The zero-order valence-electron chi connectivity index (χ0n) is 12.5. The summed E-state index contributed by atoms with van der Waals surface area (Å²) in [5, 5.41) is 6.17. The fourth-order valence-corrected chi connectivity index (χ4v) is 1.77. The highest BCUT2D eigenvalue weighted by molar-refractivity contribution is 5.90. The van der Waals surface area contributed by atoms with Gasteiger partial charge in [0, 0.05) is 25.5 Å². The van der Waals surface area contributed by atoms with Crippen molar-refractivity contribution in [3.05, 3.63) is 42.1 Å².